The van der Waals surface area contributed by atoms with Gasteiger partial charge >= 0.3 is 0 Å². The summed E-state index contributed by atoms with van der Waals surface area (Å²) in [5.74, 6) is 2.00. The van der Waals surface area contributed by atoms with E-state index in [2.05, 4.69) is 15.6 Å². The third kappa shape index (κ3) is 3.40. The quantitative estimate of drug-likeness (QED) is 0.551. The number of nitrogens with one attached hydrogen (secondary N) is 1. The molecule has 0 saturated heterocycles. The van der Waals surface area contributed by atoms with E-state index < -0.39 is 0 Å². The number of fused-ring (bicyclic) bond motifs is 1. The summed E-state index contributed by atoms with van der Waals surface area (Å²) in [6, 6.07) is 12.7. The lowest BCUT2D eigenvalue weighted by Gasteiger charge is -2.03. The number of aromatic nitrogens is 2. The van der Waals surface area contributed by atoms with Gasteiger partial charge in [0.1, 0.15) is 17.5 Å². The number of carbonyl (C=O) groups is 1. The topological polar surface area (TPSA) is 104 Å². The third-order valence-electron chi connectivity index (χ3n) is 4.68. The van der Waals surface area contributed by atoms with Crippen LogP contribution in [0.4, 0.5) is 0 Å². The van der Waals surface area contributed by atoms with Crippen molar-refractivity contribution in [2.75, 3.05) is 0 Å². The van der Waals surface area contributed by atoms with Crippen LogP contribution in [-0.2, 0) is 13.0 Å². The highest BCUT2D eigenvalue weighted by molar-refractivity contribution is 5.92. The summed E-state index contributed by atoms with van der Waals surface area (Å²) < 4.78 is 21.6. The summed E-state index contributed by atoms with van der Waals surface area (Å²) in [5, 5.41) is 10.5. The minimum Gasteiger partial charge on any atom is -0.490 e. The van der Waals surface area contributed by atoms with Crippen LogP contribution in [0.15, 0.2) is 62.2 Å². The number of ether oxygens (including phenoxy) is 1. The zero-order chi connectivity index (χ0) is 19.8. The third-order valence-corrected chi connectivity index (χ3v) is 4.68. The van der Waals surface area contributed by atoms with Crippen LogP contribution < -0.4 is 10.1 Å². The van der Waals surface area contributed by atoms with Crippen LogP contribution in [0.1, 0.15) is 28.7 Å². The second kappa shape index (κ2) is 6.97. The van der Waals surface area contributed by atoms with Gasteiger partial charge in [-0.3, -0.25) is 4.79 Å². The molecule has 146 valence electrons. The van der Waals surface area contributed by atoms with Crippen LogP contribution >= 0.6 is 0 Å². The number of furan rings is 1. The van der Waals surface area contributed by atoms with Gasteiger partial charge in [-0.15, -0.1) is 0 Å². The van der Waals surface area contributed by atoms with Crippen LogP contribution in [0.3, 0.4) is 0 Å². The summed E-state index contributed by atoms with van der Waals surface area (Å²) in [6.45, 7) is 2.24. The van der Waals surface area contributed by atoms with E-state index >= 15 is 0 Å². The maximum atomic E-state index is 12.3. The van der Waals surface area contributed by atoms with Crippen LogP contribution in [-0.4, -0.2) is 22.3 Å². The average Bonchev–Trinajstić information content (AvgIpc) is 3.51. The molecule has 8 nitrogen and oxygen atoms in total. The SMILES string of the molecule is C[C@H]1Cc2ccc(-c3cc(CNC(=O)c4cc(-c5ccco5)on4)no3)cc2O1. The fourth-order valence-electron chi connectivity index (χ4n) is 3.26. The number of carbonyl (C=O) groups excluding carboxylic acids is 1. The Kier molecular flexibility index (Phi) is 4.16. The zero-order valence-corrected chi connectivity index (χ0v) is 15.5. The van der Waals surface area contributed by atoms with E-state index in [0.717, 1.165) is 17.7 Å². The van der Waals surface area contributed by atoms with Crippen molar-refractivity contribution < 1.29 is 23.0 Å². The number of rotatable bonds is 5. The second-order valence-corrected chi connectivity index (χ2v) is 6.87. The Morgan fingerprint density at radius 1 is 1.10 bits per heavy atom. The van der Waals surface area contributed by atoms with Crippen molar-refractivity contribution in [2.45, 2.75) is 26.0 Å². The van der Waals surface area contributed by atoms with Crippen molar-refractivity contribution in [3.63, 3.8) is 0 Å². The standard InChI is InChI=1S/C21H17N3O5/c1-12-7-13-4-5-14(8-18(13)27-12)19-9-15(23-28-19)11-22-21(25)16-10-20(29-24-16)17-3-2-6-26-17/h2-6,8-10,12H,7,11H2,1H3,(H,22,25)/t12-/m0/s1. The first-order valence-corrected chi connectivity index (χ1v) is 9.20. The van der Waals surface area contributed by atoms with Crippen molar-refractivity contribution >= 4 is 5.91 Å². The van der Waals surface area contributed by atoms with Crippen LogP contribution in [0.2, 0.25) is 0 Å². The molecular weight excluding hydrogens is 374 g/mol. The van der Waals surface area contributed by atoms with Gasteiger partial charge in [0.15, 0.2) is 17.2 Å². The maximum absolute atomic E-state index is 12.3. The molecule has 1 aliphatic rings. The van der Waals surface area contributed by atoms with Crippen LogP contribution in [0, 0.1) is 0 Å². The van der Waals surface area contributed by atoms with Gasteiger partial charge in [-0.05, 0) is 30.7 Å². The van der Waals surface area contributed by atoms with E-state index in [1.54, 1.807) is 18.2 Å². The lowest BCUT2D eigenvalue weighted by Crippen LogP contribution is -2.23. The maximum Gasteiger partial charge on any atom is 0.273 e. The van der Waals surface area contributed by atoms with Gasteiger partial charge in [0.25, 0.3) is 5.91 Å². The fraction of sp³-hybridized carbons (Fsp3) is 0.190. The molecule has 0 saturated carbocycles. The molecule has 8 heteroatoms. The molecule has 1 amide bonds. The average molecular weight is 391 g/mol. The molecule has 0 spiro atoms. The molecule has 5 rings (SSSR count). The summed E-state index contributed by atoms with van der Waals surface area (Å²) >= 11 is 0. The zero-order valence-electron chi connectivity index (χ0n) is 15.5. The van der Waals surface area contributed by atoms with E-state index in [4.69, 9.17) is 18.2 Å². The van der Waals surface area contributed by atoms with Gasteiger partial charge in [0.2, 0.25) is 5.76 Å². The first-order valence-electron chi connectivity index (χ1n) is 9.20. The molecule has 1 aliphatic heterocycles. The predicted molar refractivity (Wildman–Crippen MR) is 101 cm³/mol. The first kappa shape index (κ1) is 17.3. The number of hydrogen-bond donors (Lipinski definition) is 1. The molecule has 0 aliphatic carbocycles. The molecule has 4 heterocycles. The van der Waals surface area contributed by atoms with Crippen LogP contribution in [0.5, 0.6) is 5.75 Å². The predicted octanol–water partition coefficient (Wildman–Crippen LogP) is 3.84. The normalized spacial score (nSPS) is 15.1. The van der Waals surface area contributed by atoms with Crippen molar-refractivity contribution in [1.82, 2.24) is 15.6 Å². The molecular formula is C21H17N3O5. The lowest BCUT2D eigenvalue weighted by atomic mass is 10.1. The number of amides is 1. The van der Waals surface area contributed by atoms with E-state index in [9.17, 15) is 4.79 Å². The molecule has 1 N–H and O–H groups in total. The molecule has 29 heavy (non-hydrogen) atoms. The Balaban J connectivity index is 1.24. The largest absolute Gasteiger partial charge is 0.490 e. The second-order valence-electron chi connectivity index (χ2n) is 6.87. The van der Waals surface area contributed by atoms with E-state index in [1.165, 1.54) is 17.9 Å². The van der Waals surface area contributed by atoms with E-state index in [0.29, 0.717) is 23.0 Å². The number of nitrogens with zero attached hydrogens (tertiary/aromatic N) is 2. The number of benzene rings is 1. The van der Waals surface area contributed by atoms with Gasteiger partial charge in [-0.1, -0.05) is 22.4 Å². The van der Waals surface area contributed by atoms with Crippen molar-refractivity contribution in [1.29, 1.82) is 0 Å². The van der Waals surface area contributed by atoms with Gasteiger partial charge in [0.05, 0.1) is 12.8 Å². The monoisotopic (exact) mass is 391 g/mol. The Bertz CT molecular complexity index is 1160. The summed E-state index contributed by atoms with van der Waals surface area (Å²) in [4.78, 5) is 12.3. The Morgan fingerprint density at radius 2 is 2.00 bits per heavy atom. The van der Waals surface area contributed by atoms with Gasteiger partial charge in [0, 0.05) is 24.1 Å². The molecule has 1 aromatic carbocycles. The van der Waals surface area contributed by atoms with Crippen molar-refractivity contribution in [2.24, 2.45) is 0 Å². The van der Waals surface area contributed by atoms with E-state index in [-0.39, 0.29) is 24.2 Å². The highest BCUT2D eigenvalue weighted by Crippen LogP contribution is 2.33. The van der Waals surface area contributed by atoms with E-state index in [1.807, 2.05) is 25.1 Å². The molecule has 0 unspecified atom stereocenters. The minimum absolute atomic E-state index is 0.157. The molecule has 4 aromatic rings. The number of hydrogen-bond acceptors (Lipinski definition) is 7. The highest BCUT2D eigenvalue weighted by Gasteiger charge is 2.20. The molecule has 0 bridgehead atoms. The minimum atomic E-state index is -0.379. The van der Waals surface area contributed by atoms with Gasteiger partial charge in [-0.2, -0.15) is 0 Å². The molecule has 1 atom stereocenters. The fourth-order valence-corrected chi connectivity index (χ4v) is 3.26. The Labute approximate surface area is 165 Å². The summed E-state index contributed by atoms with van der Waals surface area (Å²) in [6.07, 6.45) is 2.62. The molecule has 0 radical (unpaired) electrons. The highest BCUT2D eigenvalue weighted by atomic mass is 16.5. The Hall–Kier alpha value is -3.81. The van der Waals surface area contributed by atoms with Crippen molar-refractivity contribution in [3.8, 4) is 28.6 Å². The van der Waals surface area contributed by atoms with Crippen molar-refractivity contribution in [3.05, 3.63) is 65.7 Å². The van der Waals surface area contributed by atoms with Gasteiger partial charge < -0.3 is 23.5 Å². The molecule has 0 fully saturated rings. The lowest BCUT2D eigenvalue weighted by molar-refractivity contribution is 0.0941. The first-order chi connectivity index (χ1) is 14.2. The smallest absolute Gasteiger partial charge is 0.273 e. The summed E-state index contributed by atoms with van der Waals surface area (Å²) in [5.41, 5.74) is 2.82. The Morgan fingerprint density at radius 3 is 2.86 bits per heavy atom. The summed E-state index contributed by atoms with van der Waals surface area (Å²) in [7, 11) is 0. The molecule has 3 aromatic heterocycles. The van der Waals surface area contributed by atoms with Gasteiger partial charge in [-0.25, -0.2) is 0 Å². The van der Waals surface area contributed by atoms with Crippen LogP contribution in [0.25, 0.3) is 22.8 Å².